The Balaban J connectivity index is 1.72. The predicted octanol–water partition coefficient (Wildman–Crippen LogP) is 6.42. The van der Waals surface area contributed by atoms with Gasteiger partial charge in [0.2, 0.25) is 0 Å². The summed E-state index contributed by atoms with van der Waals surface area (Å²) in [5, 5.41) is -0.243. The summed E-state index contributed by atoms with van der Waals surface area (Å²) in [7, 11) is 2.95. The van der Waals surface area contributed by atoms with E-state index in [9.17, 15) is 18.0 Å². The lowest BCUT2D eigenvalue weighted by molar-refractivity contribution is -0.149. The van der Waals surface area contributed by atoms with Crippen molar-refractivity contribution >= 4 is 16.9 Å². The molecule has 0 amide bonds. The molecule has 1 heterocycles. The molecule has 0 aliphatic rings. The third kappa shape index (κ3) is 6.80. The monoisotopic (exact) mass is 575 g/mol. The highest BCUT2D eigenvalue weighted by atomic mass is 19.4. The van der Waals surface area contributed by atoms with Crippen LogP contribution in [-0.2, 0) is 40.0 Å². The fourth-order valence-electron chi connectivity index (χ4n) is 4.44. The van der Waals surface area contributed by atoms with Crippen molar-refractivity contribution in [2.75, 3.05) is 20.8 Å². The average Bonchev–Trinajstić information content (AvgIpc) is 3.37. The number of rotatable bonds is 11. The molecule has 41 heavy (non-hydrogen) atoms. The Labute approximate surface area is 233 Å². The minimum atomic E-state index is -4.71. The summed E-state index contributed by atoms with van der Waals surface area (Å²) < 4.78 is 83.6. The molecule has 0 radical (unpaired) electrons. The standard InChI is InChI=1S/C30H29F4NO6/c1-17(14-37-2)41-27(36)11-19-7-8-21(38-3)12-26(19)39-15-18-9-23(22-6-4-5-20(13-35)28(22)31)29-24(10-18)25(16-40-29)30(32,33)34/h4-10,12,16-17H,11,13-15,35H2,1-3H3. The molecule has 0 fully saturated rings. The van der Waals surface area contributed by atoms with Crippen LogP contribution in [-0.4, -0.2) is 32.9 Å². The molecule has 7 nitrogen and oxygen atoms in total. The zero-order valence-electron chi connectivity index (χ0n) is 22.6. The number of carbonyl (C=O) groups is 1. The van der Waals surface area contributed by atoms with E-state index in [-0.39, 0.29) is 59.6 Å². The Kier molecular flexibility index (Phi) is 9.19. The lowest BCUT2D eigenvalue weighted by Crippen LogP contribution is -2.21. The second-order valence-electron chi connectivity index (χ2n) is 9.34. The summed E-state index contributed by atoms with van der Waals surface area (Å²) in [5.74, 6) is -0.467. The molecule has 0 aliphatic carbocycles. The van der Waals surface area contributed by atoms with Gasteiger partial charge in [0.05, 0.1) is 20.1 Å². The Morgan fingerprint density at radius 3 is 2.51 bits per heavy atom. The van der Waals surface area contributed by atoms with Crippen LogP contribution in [0.15, 0.2) is 59.2 Å². The van der Waals surface area contributed by atoms with Gasteiger partial charge in [-0.3, -0.25) is 4.79 Å². The number of methoxy groups -OCH3 is 2. The molecule has 4 rings (SSSR count). The van der Waals surface area contributed by atoms with Crippen LogP contribution < -0.4 is 15.2 Å². The molecule has 0 spiro atoms. The van der Waals surface area contributed by atoms with E-state index in [1.54, 1.807) is 31.2 Å². The van der Waals surface area contributed by atoms with E-state index < -0.39 is 29.6 Å². The fourth-order valence-corrected chi connectivity index (χ4v) is 4.44. The maximum atomic E-state index is 15.3. The number of hydrogen-bond donors (Lipinski definition) is 1. The van der Waals surface area contributed by atoms with Crippen LogP contribution in [0.3, 0.4) is 0 Å². The molecule has 3 aromatic carbocycles. The van der Waals surface area contributed by atoms with Crippen LogP contribution in [0.2, 0.25) is 0 Å². The van der Waals surface area contributed by atoms with E-state index in [1.165, 1.54) is 38.5 Å². The number of halogens is 4. The Hall–Kier alpha value is -4.09. The summed E-state index contributed by atoms with van der Waals surface area (Å²) in [6, 6.07) is 12.1. The number of hydrogen-bond acceptors (Lipinski definition) is 7. The first-order chi connectivity index (χ1) is 19.5. The summed E-state index contributed by atoms with van der Waals surface area (Å²) >= 11 is 0. The average molecular weight is 576 g/mol. The van der Waals surface area contributed by atoms with Crippen LogP contribution in [0, 0.1) is 5.82 Å². The Morgan fingerprint density at radius 2 is 1.83 bits per heavy atom. The third-order valence-corrected chi connectivity index (χ3v) is 6.37. The summed E-state index contributed by atoms with van der Waals surface area (Å²) in [4.78, 5) is 12.5. The van der Waals surface area contributed by atoms with Gasteiger partial charge in [-0.15, -0.1) is 0 Å². The normalized spacial score (nSPS) is 12.4. The first-order valence-electron chi connectivity index (χ1n) is 12.6. The summed E-state index contributed by atoms with van der Waals surface area (Å²) in [5.41, 5.74) is 5.67. The molecule has 218 valence electrons. The number of nitrogens with two attached hydrogens (primary N) is 1. The highest BCUT2D eigenvalue weighted by Gasteiger charge is 2.35. The Morgan fingerprint density at radius 1 is 1.05 bits per heavy atom. The molecule has 1 unspecified atom stereocenters. The highest BCUT2D eigenvalue weighted by Crippen LogP contribution is 2.41. The van der Waals surface area contributed by atoms with E-state index in [1.807, 2.05) is 0 Å². The van der Waals surface area contributed by atoms with Gasteiger partial charge in [0.25, 0.3) is 0 Å². The number of esters is 1. The van der Waals surface area contributed by atoms with Crippen molar-refractivity contribution < 1.29 is 45.7 Å². The van der Waals surface area contributed by atoms with Gasteiger partial charge in [0.15, 0.2) is 0 Å². The van der Waals surface area contributed by atoms with Gasteiger partial charge in [-0.05, 0) is 30.7 Å². The van der Waals surface area contributed by atoms with E-state index in [4.69, 9.17) is 29.1 Å². The minimum absolute atomic E-state index is 0.0397. The zero-order chi connectivity index (χ0) is 29.7. The van der Waals surface area contributed by atoms with Crippen LogP contribution in [0.1, 0.15) is 29.2 Å². The molecule has 0 aliphatic heterocycles. The van der Waals surface area contributed by atoms with Crippen molar-refractivity contribution in [3.05, 3.63) is 82.9 Å². The molecule has 4 aromatic rings. The van der Waals surface area contributed by atoms with E-state index in [2.05, 4.69) is 0 Å². The molecule has 0 saturated heterocycles. The number of fused-ring (bicyclic) bond motifs is 1. The summed E-state index contributed by atoms with van der Waals surface area (Å²) in [6.45, 7) is 1.62. The molecule has 1 atom stereocenters. The lowest BCUT2D eigenvalue weighted by atomic mass is 9.97. The van der Waals surface area contributed by atoms with E-state index in [0.29, 0.717) is 23.1 Å². The molecule has 0 bridgehead atoms. The van der Waals surface area contributed by atoms with Gasteiger partial charge in [0, 0.05) is 47.4 Å². The van der Waals surface area contributed by atoms with Gasteiger partial charge in [0.1, 0.15) is 47.4 Å². The quantitative estimate of drug-likeness (QED) is 0.163. The van der Waals surface area contributed by atoms with Crippen LogP contribution >= 0.6 is 0 Å². The third-order valence-electron chi connectivity index (χ3n) is 6.37. The second-order valence-corrected chi connectivity index (χ2v) is 9.34. The minimum Gasteiger partial charge on any atom is -0.497 e. The fraction of sp³-hybridized carbons (Fsp3) is 0.300. The topological polar surface area (TPSA) is 93.2 Å². The predicted molar refractivity (Wildman–Crippen MR) is 143 cm³/mol. The maximum Gasteiger partial charge on any atom is 0.420 e. The van der Waals surface area contributed by atoms with Crippen molar-refractivity contribution in [2.24, 2.45) is 5.73 Å². The van der Waals surface area contributed by atoms with Crippen molar-refractivity contribution in [3.63, 3.8) is 0 Å². The first-order valence-corrected chi connectivity index (χ1v) is 12.6. The van der Waals surface area contributed by atoms with Gasteiger partial charge in [-0.25, -0.2) is 4.39 Å². The summed E-state index contributed by atoms with van der Waals surface area (Å²) in [6.07, 6.45) is -4.69. The number of ether oxygens (including phenoxy) is 4. The van der Waals surface area contributed by atoms with Crippen LogP contribution in [0.25, 0.3) is 22.1 Å². The second kappa shape index (κ2) is 12.6. The molecule has 11 heteroatoms. The molecule has 0 saturated carbocycles. The van der Waals surface area contributed by atoms with Crippen molar-refractivity contribution in [1.82, 2.24) is 0 Å². The molecular weight excluding hydrogens is 546 g/mol. The molecular formula is C30H29F4NO6. The van der Waals surface area contributed by atoms with Gasteiger partial charge < -0.3 is 29.1 Å². The number of alkyl halides is 3. The van der Waals surface area contributed by atoms with Crippen LogP contribution in [0.4, 0.5) is 17.6 Å². The molecule has 1 aromatic heterocycles. The highest BCUT2D eigenvalue weighted by molar-refractivity contribution is 5.95. The Bertz CT molecular complexity index is 1530. The van der Waals surface area contributed by atoms with Crippen molar-refractivity contribution in [1.29, 1.82) is 0 Å². The van der Waals surface area contributed by atoms with Crippen molar-refractivity contribution in [2.45, 2.75) is 38.8 Å². The largest absolute Gasteiger partial charge is 0.497 e. The maximum absolute atomic E-state index is 15.3. The zero-order valence-corrected chi connectivity index (χ0v) is 22.6. The SMILES string of the molecule is COCC(C)OC(=O)Cc1ccc(OC)cc1OCc1cc(-c2cccc(CN)c2F)c2occ(C(F)(F)F)c2c1. The van der Waals surface area contributed by atoms with Gasteiger partial charge in [-0.2, -0.15) is 13.2 Å². The number of furan rings is 1. The number of carbonyl (C=O) groups excluding carboxylic acids is 1. The van der Waals surface area contributed by atoms with E-state index in [0.717, 1.165) is 0 Å². The van der Waals surface area contributed by atoms with Gasteiger partial charge in [-0.1, -0.05) is 24.3 Å². The lowest BCUT2D eigenvalue weighted by Gasteiger charge is -2.16. The van der Waals surface area contributed by atoms with Gasteiger partial charge >= 0.3 is 12.1 Å². The van der Waals surface area contributed by atoms with Crippen molar-refractivity contribution in [3.8, 4) is 22.6 Å². The van der Waals surface area contributed by atoms with Crippen LogP contribution in [0.5, 0.6) is 11.5 Å². The van der Waals surface area contributed by atoms with E-state index >= 15 is 4.39 Å². The smallest absolute Gasteiger partial charge is 0.420 e. The molecule has 2 N–H and O–H groups in total. The first kappa shape index (κ1) is 29.9. The number of benzene rings is 3.